The zero-order chi connectivity index (χ0) is 17.6. The molecule has 1 aliphatic heterocycles. The van der Waals surface area contributed by atoms with E-state index in [1.807, 2.05) is 0 Å². The van der Waals surface area contributed by atoms with Gasteiger partial charge in [-0.05, 0) is 31.0 Å². The van der Waals surface area contributed by atoms with Crippen LogP contribution in [0.15, 0.2) is 23.1 Å². The Morgan fingerprint density at radius 2 is 1.92 bits per heavy atom. The Labute approximate surface area is 143 Å². The maximum atomic E-state index is 12.8. The number of ether oxygens (including phenoxy) is 2. The number of nitrogens with one attached hydrogen (secondary N) is 1. The molecule has 0 aromatic heterocycles. The molecule has 0 atom stereocenters. The highest BCUT2D eigenvalue weighted by Crippen LogP contribution is 2.26. The summed E-state index contributed by atoms with van der Waals surface area (Å²) < 4.78 is 37.1. The summed E-state index contributed by atoms with van der Waals surface area (Å²) in [5, 5.41) is 2.68. The molecule has 2 rings (SSSR count). The van der Waals surface area contributed by atoms with Gasteiger partial charge in [-0.25, -0.2) is 8.42 Å². The monoisotopic (exact) mass is 356 g/mol. The first kappa shape index (κ1) is 18.7. The smallest absolute Gasteiger partial charge is 0.255 e. The lowest BCUT2D eigenvalue weighted by Crippen LogP contribution is -2.35. The number of piperidine rings is 1. The van der Waals surface area contributed by atoms with Crippen molar-refractivity contribution in [3.8, 4) is 5.75 Å². The molecule has 134 valence electrons. The second kappa shape index (κ2) is 8.46. The summed E-state index contributed by atoms with van der Waals surface area (Å²) >= 11 is 0. The average molecular weight is 356 g/mol. The Kier molecular flexibility index (Phi) is 6.59. The lowest BCUT2D eigenvalue weighted by atomic mass is 10.2. The molecule has 0 aliphatic carbocycles. The normalized spacial score (nSPS) is 15.9. The molecule has 0 spiro atoms. The van der Waals surface area contributed by atoms with E-state index in [2.05, 4.69) is 5.32 Å². The Balaban J connectivity index is 2.28. The van der Waals surface area contributed by atoms with Gasteiger partial charge in [-0.2, -0.15) is 4.31 Å². The molecular weight excluding hydrogens is 332 g/mol. The van der Waals surface area contributed by atoms with E-state index in [0.29, 0.717) is 32.0 Å². The van der Waals surface area contributed by atoms with Crippen LogP contribution in [0.4, 0.5) is 0 Å². The van der Waals surface area contributed by atoms with Crippen LogP contribution in [0, 0.1) is 0 Å². The second-order valence-electron chi connectivity index (χ2n) is 5.58. The summed E-state index contributed by atoms with van der Waals surface area (Å²) in [7, 11) is -0.610. The van der Waals surface area contributed by atoms with Crippen LogP contribution in [-0.2, 0) is 14.8 Å². The number of carbonyl (C=O) groups is 1. The maximum Gasteiger partial charge on any atom is 0.255 e. The molecule has 1 aromatic rings. The first-order chi connectivity index (χ1) is 11.5. The largest absolute Gasteiger partial charge is 0.496 e. The first-order valence-corrected chi connectivity index (χ1v) is 9.40. The minimum atomic E-state index is -3.60. The zero-order valence-corrected chi connectivity index (χ0v) is 14.9. The van der Waals surface area contributed by atoms with Gasteiger partial charge in [-0.1, -0.05) is 6.42 Å². The average Bonchev–Trinajstić information content (AvgIpc) is 2.62. The first-order valence-electron chi connectivity index (χ1n) is 7.96. The summed E-state index contributed by atoms with van der Waals surface area (Å²) in [6.07, 6.45) is 2.77. The van der Waals surface area contributed by atoms with Crippen molar-refractivity contribution in [3.63, 3.8) is 0 Å². The van der Waals surface area contributed by atoms with Crippen LogP contribution < -0.4 is 10.1 Å². The highest BCUT2D eigenvalue weighted by molar-refractivity contribution is 7.89. The molecule has 8 heteroatoms. The second-order valence-corrected chi connectivity index (χ2v) is 7.51. The van der Waals surface area contributed by atoms with Crippen LogP contribution in [0.25, 0.3) is 0 Å². The molecule has 0 unspecified atom stereocenters. The predicted molar refractivity (Wildman–Crippen MR) is 89.8 cm³/mol. The third-order valence-corrected chi connectivity index (χ3v) is 5.85. The Bertz CT molecular complexity index is 669. The molecule has 1 aromatic carbocycles. The molecule has 0 radical (unpaired) electrons. The molecule has 1 aliphatic rings. The van der Waals surface area contributed by atoms with Crippen molar-refractivity contribution < 1.29 is 22.7 Å². The third kappa shape index (κ3) is 4.25. The number of carbonyl (C=O) groups excluding carboxylic acids is 1. The number of hydrogen-bond acceptors (Lipinski definition) is 5. The van der Waals surface area contributed by atoms with Gasteiger partial charge in [0.1, 0.15) is 5.75 Å². The fourth-order valence-corrected chi connectivity index (χ4v) is 4.19. The van der Waals surface area contributed by atoms with Crippen LogP contribution in [0.1, 0.15) is 29.6 Å². The molecule has 0 bridgehead atoms. The molecular formula is C16H24N2O5S. The van der Waals surface area contributed by atoms with Crippen molar-refractivity contribution in [2.45, 2.75) is 24.2 Å². The van der Waals surface area contributed by atoms with Gasteiger partial charge in [0.25, 0.3) is 5.91 Å². The predicted octanol–water partition coefficient (Wildman–Crippen LogP) is 1.25. The van der Waals surface area contributed by atoms with Gasteiger partial charge in [0.2, 0.25) is 10.0 Å². The van der Waals surface area contributed by atoms with Crippen molar-refractivity contribution in [2.24, 2.45) is 0 Å². The zero-order valence-electron chi connectivity index (χ0n) is 14.1. The van der Waals surface area contributed by atoms with Gasteiger partial charge in [0.05, 0.1) is 24.2 Å². The minimum Gasteiger partial charge on any atom is -0.496 e. The molecule has 0 saturated carbocycles. The molecule has 7 nitrogen and oxygen atoms in total. The lowest BCUT2D eigenvalue weighted by Gasteiger charge is -2.26. The number of hydrogen-bond donors (Lipinski definition) is 1. The standard InChI is InChI=1S/C16H24N2O5S/c1-22-11-8-17-16(19)14-12-13(6-7-15(14)23-2)24(20,21)18-9-4-3-5-10-18/h6-7,12H,3-5,8-11H2,1-2H3,(H,17,19). The van der Waals surface area contributed by atoms with Crippen molar-refractivity contribution in [1.82, 2.24) is 9.62 Å². The summed E-state index contributed by atoms with van der Waals surface area (Å²) in [6.45, 7) is 1.74. The van der Waals surface area contributed by atoms with E-state index >= 15 is 0 Å². The van der Waals surface area contributed by atoms with Gasteiger partial charge in [-0.3, -0.25) is 4.79 Å². The van der Waals surface area contributed by atoms with Gasteiger partial charge in [-0.15, -0.1) is 0 Å². The third-order valence-electron chi connectivity index (χ3n) is 3.96. The fourth-order valence-electron chi connectivity index (χ4n) is 2.64. The molecule has 1 heterocycles. The van der Waals surface area contributed by atoms with Crippen molar-refractivity contribution in [1.29, 1.82) is 0 Å². The maximum absolute atomic E-state index is 12.8. The lowest BCUT2D eigenvalue weighted by molar-refractivity contribution is 0.0934. The van der Waals surface area contributed by atoms with Crippen molar-refractivity contribution in [3.05, 3.63) is 23.8 Å². The van der Waals surface area contributed by atoms with Crippen LogP contribution >= 0.6 is 0 Å². The molecule has 1 amide bonds. The van der Waals surface area contributed by atoms with Gasteiger partial charge >= 0.3 is 0 Å². The van der Waals surface area contributed by atoms with E-state index in [1.165, 1.54) is 29.6 Å². The highest BCUT2D eigenvalue weighted by atomic mass is 32.2. The van der Waals surface area contributed by atoms with E-state index in [4.69, 9.17) is 9.47 Å². The highest BCUT2D eigenvalue weighted by Gasteiger charge is 2.27. The van der Waals surface area contributed by atoms with E-state index in [-0.39, 0.29) is 16.4 Å². The molecule has 24 heavy (non-hydrogen) atoms. The SMILES string of the molecule is COCCNC(=O)c1cc(S(=O)(=O)N2CCCCC2)ccc1OC. The molecule has 1 N–H and O–H groups in total. The van der Waals surface area contributed by atoms with Gasteiger partial charge < -0.3 is 14.8 Å². The number of nitrogens with zero attached hydrogens (tertiary/aromatic N) is 1. The summed E-state index contributed by atoms with van der Waals surface area (Å²) in [5.74, 6) is -0.0536. The molecule has 1 saturated heterocycles. The van der Waals surface area contributed by atoms with E-state index in [0.717, 1.165) is 19.3 Å². The summed E-state index contributed by atoms with van der Waals surface area (Å²) in [6, 6.07) is 4.38. The van der Waals surface area contributed by atoms with Gasteiger partial charge in [0.15, 0.2) is 0 Å². The Morgan fingerprint density at radius 3 is 2.54 bits per heavy atom. The van der Waals surface area contributed by atoms with Crippen molar-refractivity contribution in [2.75, 3.05) is 40.5 Å². The number of methoxy groups -OCH3 is 2. The van der Waals surface area contributed by atoms with E-state index in [9.17, 15) is 13.2 Å². The quantitative estimate of drug-likeness (QED) is 0.743. The van der Waals surface area contributed by atoms with Crippen LogP contribution in [0.2, 0.25) is 0 Å². The number of benzene rings is 1. The topological polar surface area (TPSA) is 84.9 Å². The van der Waals surface area contributed by atoms with Crippen LogP contribution in [0.3, 0.4) is 0 Å². The van der Waals surface area contributed by atoms with Crippen LogP contribution in [-0.4, -0.2) is 59.1 Å². The van der Waals surface area contributed by atoms with E-state index < -0.39 is 10.0 Å². The number of amides is 1. The van der Waals surface area contributed by atoms with Crippen LogP contribution in [0.5, 0.6) is 5.75 Å². The Hall–Kier alpha value is -1.64. The Morgan fingerprint density at radius 1 is 1.21 bits per heavy atom. The van der Waals surface area contributed by atoms with E-state index in [1.54, 1.807) is 7.11 Å². The summed E-state index contributed by atoms with van der Waals surface area (Å²) in [5.41, 5.74) is 0.201. The number of rotatable bonds is 7. The molecule has 1 fully saturated rings. The van der Waals surface area contributed by atoms with Gasteiger partial charge in [0, 0.05) is 26.7 Å². The summed E-state index contributed by atoms with van der Waals surface area (Å²) in [4.78, 5) is 12.4. The fraction of sp³-hybridized carbons (Fsp3) is 0.562. The van der Waals surface area contributed by atoms with Crippen molar-refractivity contribution >= 4 is 15.9 Å². The number of sulfonamides is 1. The minimum absolute atomic E-state index is 0.113.